The highest BCUT2D eigenvalue weighted by Crippen LogP contribution is 2.10. The lowest BCUT2D eigenvalue weighted by atomic mass is 9.96. The van der Waals surface area contributed by atoms with Crippen molar-refractivity contribution in [2.45, 2.75) is 40.2 Å². The molecule has 2 N–H and O–H groups in total. The molecule has 5 nitrogen and oxygen atoms in total. The van der Waals surface area contributed by atoms with Gasteiger partial charge in [-0.2, -0.15) is 5.26 Å². The zero-order chi connectivity index (χ0) is 13.5. The molecule has 0 bridgehead atoms. The Bertz CT molecular complexity index is 287. The lowest BCUT2D eigenvalue weighted by molar-refractivity contribution is 0.0528. The average Bonchev–Trinajstić information content (AvgIpc) is 2.14. The first-order chi connectivity index (χ1) is 7.66. The fourth-order valence-corrected chi connectivity index (χ4v) is 1.01. The summed E-state index contributed by atoms with van der Waals surface area (Å²) in [6.45, 7) is 10.9. The van der Waals surface area contributed by atoms with Crippen LogP contribution in [0.5, 0.6) is 0 Å². The van der Waals surface area contributed by atoms with Crippen molar-refractivity contribution in [3.63, 3.8) is 0 Å². The minimum absolute atomic E-state index is 0.383. The molecule has 0 aliphatic heterocycles. The van der Waals surface area contributed by atoms with E-state index in [1.165, 1.54) is 0 Å². The first-order valence-electron chi connectivity index (χ1n) is 5.75. The summed E-state index contributed by atoms with van der Waals surface area (Å²) in [4.78, 5) is 11.3. The molecule has 0 aliphatic rings. The standard InChI is InChI=1S/C12H23N3O2/c1-11(2,3)17-10(16)15-7-6-14-9-12(4,5)8-13/h14H,6-7,9H2,1-5H3,(H,15,16). The topological polar surface area (TPSA) is 74.2 Å². The summed E-state index contributed by atoms with van der Waals surface area (Å²) in [5.41, 5.74) is -0.855. The molecule has 1 amide bonds. The highest BCUT2D eigenvalue weighted by Gasteiger charge is 2.16. The Balaban J connectivity index is 3.60. The van der Waals surface area contributed by atoms with Gasteiger partial charge in [-0.1, -0.05) is 0 Å². The van der Waals surface area contributed by atoms with Crippen molar-refractivity contribution >= 4 is 6.09 Å². The van der Waals surface area contributed by atoms with Crippen LogP contribution in [0.3, 0.4) is 0 Å². The van der Waals surface area contributed by atoms with Crippen molar-refractivity contribution in [1.29, 1.82) is 5.26 Å². The number of rotatable bonds is 5. The van der Waals surface area contributed by atoms with Gasteiger partial charge in [0.15, 0.2) is 0 Å². The van der Waals surface area contributed by atoms with E-state index in [2.05, 4.69) is 16.7 Å². The van der Waals surface area contributed by atoms with Crippen molar-refractivity contribution in [3.05, 3.63) is 0 Å². The smallest absolute Gasteiger partial charge is 0.407 e. The van der Waals surface area contributed by atoms with Crippen LogP contribution in [0.15, 0.2) is 0 Å². The van der Waals surface area contributed by atoms with Crippen molar-refractivity contribution in [2.75, 3.05) is 19.6 Å². The molecule has 0 unspecified atom stereocenters. The average molecular weight is 241 g/mol. The van der Waals surface area contributed by atoms with Crippen molar-refractivity contribution < 1.29 is 9.53 Å². The minimum atomic E-state index is -0.472. The normalized spacial score (nSPS) is 11.8. The Morgan fingerprint density at radius 2 is 1.82 bits per heavy atom. The third-order valence-electron chi connectivity index (χ3n) is 1.84. The number of nitrogens with zero attached hydrogens (tertiary/aromatic N) is 1. The fourth-order valence-electron chi connectivity index (χ4n) is 1.01. The lowest BCUT2D eigenvalue weighted by Gasteiger charge is -2.20. The number of hydrogen-bond donors (Lipinski definition) is 2. The van der Waals surface area contributed by atoms with Crippen LogP contribution < -0.4 is 10.6 Å². The van der Waals surface area contributed by atoms with E-state index in [9.17, 15) is 4.79 Å². The van der Waals surface area contributed by atoms with Gasteiger partial charge in [-0.15, -0.1) is 0 Å². The predicted molar refractivity (Wildman–Crippen MR) is 66.5 cm³/mol. The Morgan fingerprint density at radius 3 is 2.29 bits per heavy atom. The molecule has 0 aromatic carbocycles. The molecule has 0 aromatic heterocycles. The molecule has 0 spiro atoms. The highest BCUT2D eigenvalue weighted by atomic mass is 16.6. The van der Waals surface area contributed by atoms with E-state index < -0.39 is 11.7 Å². The van der Waals surface area contributed by atoms with Crippen molar-refractivity contribution in [2.24, 2.45) is 5.41 Å². The maximum atomic E-state index is 11.3. The highest BCUT2D eigenvalue weighted by molar-refractivity contribution is 5.67. The number of nitriles is 1. The Hall–Kier alpha value is -1.28. The molecule has 0 aromatic rings. The number of amides is 1. The van der Waals surface area contributed by atoms with Gasteiger partial charge in [0, 0.05) is 19.6 Å². The second-order valence-electron chi connectivity index (χ2n) is 5.60. The second-order valence-corrected chi connectivity index (χ2v) is 5.60. The molecular weight excluding hydrogens is 218 g/mol. The van der Waals surface area contributed by atoms with Gasteiger partial charge in [0.05, 0.1) is 11.5 Å². The summed E-state index contributed by atoms with van der Waals surface area (Å²) < 4.78 is 5.08. The van der Waals surface area contributed by atoms with Gasteiger partial charge in [-0.05, 0) is 34.6 Å². The van der Waals surface area contributed by atoms with E-state index in [1.54, 1.807) is 0 Å². The molecule has 0 saturated heterocycles. The predicted octanol–water partition coefficient (Wildman–Crippen LogP) is 1.65. The molecule has 0 rings (SSSR count). The molecule has 17 heavy (non-hydrogen) atoms. The Labute approximate surface area is 104 Å². The molecular formula is C12H23N3O2. The van der Waals surface area contributed by atoms with Gasteiger partial charge >= 0.3 is 6.09 Å². The van der Waals surface area contributed by atoms with E-state index in [1.807, 2.05) is 34.6 Å². The molecule has 0 aliphatic carbocycles. The molecule has 0 saturated carbocycles. The van der Waals surface area contributed by atoms with Crippen molar-refractivity contribution in [3.8, 4) is 6.07 Å². The zero-order valence-corrected chi connectivity index (χ0v) is 11.4. The van der Waals surface area contributed by atoms with E-state index in [0.29, 0.717) is 19.6 Å². The third kappa shape index (κ3) is 9.64. The number of ether oxygens (including phenoxy) is 1. The van der Waals surface area contributed by atoms with Gasteiger partial charge in [-0.25, -0.2) is 4.79 Å². The van der Waals surface area contributed by atoms with Crippen LogP contribution in [0.25, 0.3) is 0 Å². The molecule has 0 heterocycles. The van der Waals surface area contributed by atoms with Crippen LogP contribution in [0.1, 0.15) is 34.6 Å². The van der Waals surface area contributed by atoms with Crippen LogP contribution in [0.4, 0.5) is 4.79 Å². The Morgan fingerprint density at radius 1 is 1.24 bits per heavy atom. The summed E-state index contributed by atoms with van der Waals surface area (Å²) in [5, 5.41) is 14.5. The number of carbonyl (C=O) groups is 1. The summed E-state index contributed by atoms with van der Waals surface area (Å²) in [6, 6.07) is 2.20. The molecule has 0 fully saturated rings. The van der Waals surface area contributed by atoms with Crippen LogP contribution in [-0.2, 0) is 4.74 Å². The number of alkyl carbamates (subject to hydrolysis) is 1. The molecule has 0 radical (unpaired) electrons. The van der Waals surface area contributed by atoms with Gasteiger partial charge in [0.25, 0.3) is 0 Å². The second kappa shape index (κ2) is 6.45. The van der Waals surface area contributed by atoms with E-state index in [0.717, 1.165) is 0 Å². The Kier molecular flexibility index (Phi) is 5.97. The van der Waals surface area contributed by atoms with Crippen LogP contribution in [0, 0.1) is 16.7 Å². The molecule has 0 atom stereocenters. The molecule has 5 heteroatoms. The van der Waals surface area contributed by atoms with Crippen LogP contribution in [-0.4, -0.2) is 31.3 Å². The number of carbonyl (C=O) groups excluding carboxylic acids is 1. The van der Waals surface area contributed by atoms with Crippen LogP contribution >= 0.6 is 0 Å². The summed E-state index contributed by atoms with van der Waals surface area (Å²) >= 11 is 0. The quantitative estimate of drug-likeness (QED) is 0.718. The summed E-state index contributed by atoms with van der Waals surface area (Å²) in [7, 11) is 0. The number of nitrogens with one attached hydrogen (secondary N) is 2. The minimum Gasteiger partial charge on any atom is -0.444 e. The van der Waals surface area contributed by atoms with Gasteiger partial charge in [-0.3, -0.25) is 0 Å². The van der Waals surface area contributed by atoms with E-state index >= 15 is 0 Å². The van der Waals surface area contributed by atoms with Gasteiger partial charge in [0.2, 0.25) is 0 Å². The van der Waals surface area contributed by atoms with E-state index in [-0.39, 0.29) is 5.41 Å². The van der Waals surface area contributed by atoms with E-state index in [4.69, 9.17) is 10.00 Å². The van der Waals surface area contributed by atoms with Crippen molar-refractivity contribution in [1.82, 2.24) is 10.6 Å². The maximum absolute atomic E-state index is 11.3. The first-order valence-corrected chi connectivity index (χ1v) is 5.75. The largest absolute Gasteiger partial charge is 0.444 e. The number of hydrogen-bond acceptors (Lipinski definition) is 4. The summed E-state index contributed by atoms with van der Waals surface area (Å²) in [5.74, 6) is 0. The zero-order valence-electron chi connectivity index (χ0n) is 11.4. The van der Waals surface area contributed by atoms with Crippen LogP contribution in [0.2, 0.25) is 0 Å². The van der Waals surface area contributed by atoms with Gasteiger partial charge in [0.1, 0.15) is 5.60 Å². The third-order valence-corrected chi connectivity index (χ3v) is 1.84. The maximum Gasteiger partial charge on any atom is 0.407 e. The lowest BCUT2D eigenvalue weighted by Crippen LogP contribution is -2.38. The van der Waals surface area contributed by atoms with Gasteiger partial charge < -0.3 is 15.4 Å². The summed E-state index contributed by atoms with van der Waals surface area (Å²) in [6.07, 6.45) is -0.418. The SMILES string of the molecule is CC(C)(C#N)CNCCNC(=O)OC(C)(C)C. The fraction of sp³-hybridized carbons (Fsp3) is 0.833. The first kappa shape index (κ1) is 15.7. The monoisotopic (exact) mass is 241 g/mol. The molecule has 98 valence electrons.